The monoisotopic (exact) mass is 450 g/mol. The zero-order valence-electron chi connectivity index (χ0n) is 19.0. The first-order valence-electron chi connectivity index (χ1n) is 11.5. The maximum Gasteiger partial charge on any atom is 0.408 e. The molecule has 2 aliphatic rings. The summed E-state index contributed by atoms with van der Waals surface area (Å²) in [6.07, 6.45) is 1.86. The Morgan fingerprint density at radius 3 is 2.15 bits per heavy atom. The number of ether oxygens (including phenoxy) is 1. The van der Waals surface area contributed by atoms with Gasteiger partial charge in [0.05, 0.1) is 0 Å². The van der Waals surface area contributed by atoms with Gasteiger partial charge in [-0.3, -0.25) is 4.79 Å². The van der Waals surface area contributed by atoms with E-state index in [1.54, 1.807) is 6.92 Å². The molecule has 2 atom stereocenters. The second-order valence-electron chi connectivity index (χ2n) is 9.16. The molecule has 1 saturated carbocycles. The molecule has 0 saturated heterocycles. The van der Waals surface area contributed by atoms with Crippen molar-refractivity contribution in [1.29, 1.82) is 0 Å². The van der Waals surface area contributed by atoms with Gasteiger partial charge < -0.3 is 20.5 Å². The van der Waals surface area contributed by atoms with Crippen LogP contribution in [0, 0.1) is 5.92 Å². The highest BCUT2D eigenvalue weighted by molar-refractivity contribution is 5.92. The smallest absolute Gasteiger partial charge is 0.408 e. The second kappa shape index (κ2) is 9.25. The summed E-state index contributed by atoms with van der Waals surface area (Å²) in [6.45, 7) is 3.66. The van der Waals surface area contributed by atoms with Gasteiger partial charge in [0, 0.05) is 5.92 Å². The van der Waals surface area contributed by atoms with Crippen molar-refractivity contribution >= 4 is 18.0 Å². The molecular weight excluding hydrogens is 420 g/mol. The molecule has 7 heteroatoms. The number of benzene rings is 2. The normalized spacial score (nSPS) is 17.3. The molecule has 2 aromatic carbocycles. The van der Waals surface area contributed by atoms with E-state index < -0.39 is 29.6 Å². The van der Waals surface area contributed by atoms with Gasteiger partial charge >= 0.3 is 12.1 Å². The Kier molecular flexibility index (Phi) is 6.40. The number of hydrogen-bond donors (Lipinski definition) is 3. The summed E-state index contributed by atoms with van der Waals surface area (Å²) in [5.41, 5.74) is 3.22. The molecule has 0 spiro atoms. The van der Waals surface area contributed by atoms with Crippen LogP contribution in [0.4, 0.5) is 4.79 Å². The minimum atomic E-state index is -1.26. The summed E-state index contributed by atoms with van der Waals surface area (Å²) < 4.78 is 5.60. The second-order valence-corrected chi connectivity index (χ2v) is 9.16. The number of aliphatic carboxylic acids is 1. The number of hydrogen-bond acceptors (Lipinski definition) is 4. The van der Waals surface area contributed by atoms with E-state index >= 15 is 0 Å². The van der Waals surface area contributed by atoms with Gasteiger partial charge in [-0.2, -0.15) is 0 Å². The van der Waals surface area contributed by atoms with Gasteiger partial charge in [0.1, 0.15) is 18.2 Å². The van der Waals surface area contributed by atoms with Crippen LogP contribution in [-0.4, -0.2) is 41.3 Å². The van der Waals surface area contributed by atoms with E-state index in [2.05, 4.69) is 22.8 Å². The van der Waals surface area contributed by atoms with Crippen LogP contribution in [0.5, 0.6) is 0 Å². The topological polar surface area (TPSA) is 105 Å². The standard InChI is InChI=1S/C26H30N2O5/c1-3-14-26(2,24(31)27-22(23(29)30)16-12-13-16)28-25(32)33-15-21-19-10-6-4-8-17(19)18-9-5-7-11-20(18)21/h4-11,16,21-22H,3,12-15H2,1-2H3,(H,27,31)(H,28,32)(H,29,30). The third-order valence-electron chi connectivity index (χ3n) is 6.62. The van der Waals surface area contributed by atoms with E-state index in [4.69, 9.17) is 4.74 Å². The van der Waals surface area contributed by atoms with Crippen molar-refractivity contribution in [3.05, 3.63) is 59.7 Å². The SMILES string of the molecule is CCCC(C)(NC(=O)OCC1c2ccccc2-c2ccccc21)C(=O)NC(C(=O)O)C1CC1. The number of nitrogens with one attached hydrogen (secondary N) is 2. The van der Waals surface area contributed by atoms with Gasteiger partial charge in [0.2, 0.25) is 5.91 Å². The van der Waals surface area contributed by atoms with Crippen LogP contribution in [0.2, 0.25) is 0 Å². The van der Waals surface area contributed by atoms with Crippen LogP contribution in [-0.2, 0) is 14.3 Å². The Bertz CT molecular complexity index is 1020. The maximum atomic E-state index is 13.0. The van der Waals surface area contributed by atoms with E-state index in [0.29, 0.717) is 12.8 Å². The third kappa shape index (κ3) is 4.72. The molecule has 2 amide bonds. The van der Waals surface area contributed by atoms with Crippen LogP contribution in [0.1, 0.15) is 56.6 Å². The van der Waals surface area contributed by atoms with Crippen molar-refractivity contribution in [2.75, 3.05) is 6.61 Å². The number of carbonyl (C=O) groups excluding carboxylic acids is 2. The van der Waals surface area contributed by atoms with E-state index in [0.717, 1.165) is 35.1 Å². The van der Waals surface area contributed by atoms with Crippen LogP contribution in [0.3, 0.4) is 0 Å². The molecule has 3 N–H and O–H groups in total. The number of fused-ring (bicyclic) bond motifs is 3. The van der Waals surface area contributed by atoms with Gasteiger partial charge in [-0.25, -0.2) is 9.59 Å². The average Bonchev–Trinajstić information content (AvgIpc) is 3.58. The summed E-state index contributed by atoms with van der Waals surface area (Å²) in [6, 6.07) is 15.2. The van der Waals surface area contributed by atoms with Crippen molar-refractivity contribution < 1.29 is 24.2 Å². The van der Waals surface area contributed by atoms with Gasteiger partial charge in [-0.05, 0) is 54.4 Å². The minimum Gasteiger partial charge on any atom is -0.480 e. The number of amides is 2. The fourth-order valence-electron chi connectivity index (χ4n) is 4.70. The fraction of sp³-hybridized carbons (Fsp3) is 0.423. The molecule has 0 aliphatic heterocycles. The molecule has 0 radical (unpaired) electrons. The van der Waals surface area contributed by atoms with Gasteiger partial charge in [0.15, 0.2) is 0 Å². The number of carboxylic acids is 1. The first-order valence-corrected chi connectivity index (χ1v) is 11.5. The first-order chi connectivity index (χ1) is 15.8. The van der Waals surface area contributed by atoms with Gasteiger partial charge in [-0.15, -0.1) is 0 Å². The summed E-state index contributed by atoms with van der Waals surface area (Å²) >= 11 is 0. The van der Waals surface area contributed by atoms with E-state index in [1.807, 2.05) is 43.3 Å². The molecule has 2 unspecified atom stereocenters. The summed E-state index contributed by atoms with van der Waals surface area (Å²) in [5, 5.41) is 14.8. The molecule has 2 aromatic rings. The molecule has 33 heavy (non-hydrogen) atoms. The lowest BCUT2D eigenvalue weighted by Crippen LogP contribution is -2.60. The maximum absolute atomic E-state index is 13.0. The van der Waals surface area contributed by atoms with Crippen LogP contribution >= 0.6 is 0 Å². The lowest BCUT2D eigenvalue weighted by atomic mass is 9.94. The van der Waals surface area contributed by atoms with Crippen molar-refractivity contribution in [2.45, 2.75) is 57.0 Å². The minimum absolute atomic E-state index is 0.0493. The molecular formula is C26H30N2O5. The number of carbonyl (C=O) groups is 3. The Labute approximate surface area is 193 Å². The van der Waals surface area contributed by atoms with E-state index in [-0.39, 0.29) is 18.4 Å². The molecule has 0 bridgehead atoms. The van der Waals surface area contributed by atoms with Gasteiger partial charge in [0.25, 0.3) is 0 Å². The Balaban J connectivity index is 1.43. The Morgan fingerprint density at radius 2 is 1.64 bits per heavy atom. The van der Waals surface area contributed by atoms with Crippen molar-refractivity contribution in [3.63, 3.8) is 0 Å². The van der Waals surface area contributed by atoms with Crippen molar-refractivity contribution in [3.8, 4) is 11.1 Å². The molecule has 2 aliphatic carbocycles. The van der Waals surface area contributed by atoms with Gasteiger partial charge in [-0.1, -0.05) is 61.9 Å². The lowest BCUT2D eigenvalue weighted by Gasteiger charge is -2.30. The predicted octanol–water partition coefficient (Wildman–Crippen LogP) is 4.06. The van der Waals surface area contributed by atoms with Crippen LogP contribution in [0.15, 0.2) is 48.5 Å². The van der Waals surface area contributed by atoms with Crippen molar-refractivity contribution in [1.82, 2.24) is 10.6 Å². The number of rotatable bonds is 9. The Morgan fingerprint density at radius 1 is 1.06 bits per heavy atom. The zero-order valence-corrected chi connectivity index (χ0v) is 19.0. The molecule has 0 aromatic heterocycles. The third-order valence-corrected chi connectivity index (χ3v) is 6.62. The van der Waals surface area contributed by atoms with E-state index in [1.165, 1.54) is 0 Å². The predicted molar refractivity (Wildman–Crippen MR) is 124 cm³/mol. The highest BCUT2D eigenvalue weighted by atomic mass is 16.5. The van der Waals surface area contributed by atoms with E-state index in [9.17, 15) is 19.5 Å². The van der Waals surface area contributed by atoms with Crippen LogP contribution in [0.25, 0.3) is 11.1 Å². The quantitative estimate of drug-likeness (QED) is 0.534. The number of carboxylic acid groups (broad SMARTS) is 1. The van der Waals surface area contributed by atoms with Crippen LogP contribution < -0.4 is 10.6 Å². The molecule has 1 fully saturated rings. The molecule has 0 heterocycles. The Hall–Kier alpha value is -3.35. The fourth-order valence-corrected chi connectivity index (χ4v) is 4.70. The lowest BCUT2D eigenvalue weighted by molar-refractivity contribution is -0.143. The average molecular weight is 451 g/mol. The van der Waals surface area contributed by atoms with Crippen molar-refractivity contribution in [2.24, 2.45) is 5.92 Å². The molecule has 4 rings (SSSR count). The highest BCUT2D eigenvalue weighted by Gasteiger charge is 2.42. The molecule has 7 nitrogen and oxygen atoms in total. The number of alkyl carbamates (subject to hydrolysis) is 1. The highest BCUT2D eigenvalue weighted by Crippen LogP contribution is 2.44. The summed E-state index contributed by atoms with van der Waals surface area (Å²) in [4.78, 5) is 37.3. The summed E-state index contributed by atoms with van der Waals surface area (Å²) in [7, 11) is 0. The zero-order chi connectivity index (χ0) is 23.6. The largest absolute Gasteiger partial charge is 0.480 e. The first kappa shape index (κ1) is 22.8. The molecule has 174 valence electrons. The summed E-state index contributed by atoms with van der Waals surface area (Å²) in [5.74, 6) is -1.68.